The van der Waals surface area contributed by atoms with Crippen molar-refractivity contribution in [1.29, 1.82) is 0 Å². The molecular formula is C16H14N2O5. The van der Waals surface area contributed by atoms with Crippen LogP contribution in [0.25, 0.3) is 0 Å². The summed E-state index contributed by atoms with van der Waals surface area (Å²) in [5, 5.41) is 2.57. The van der Waals surface area contributed by atoms with Gasteiger partial charge >= 0.3 is 0 Å². The Morgan fingerprint density at radius 1 is 1.30 bits per heavy atom. The van der Waals surface area contributed by atoms with Crippen LogP contribution >= 0.6 is 0 Å². The predicted molar refractivity (Wildman–Crippen MR) is 78.8 cm³/mol. The molecule has 0 aromatic heterocycles. The molecule has 1 N–H and O–H groups in total. The zero-order valence-electron chi connectivity index (χ0n) is 12.2. The zero-order valence-corrected chi connectivity index (χ0v) is 12.2. The highest BCUT2D eigenvalue weighted by molar-refractivity contribution is 6.24. The molecule has 118 valence electrons. The summed E-state index contributed by atoms with van der Waals surface area (Å²) >= 11 is 0. The van der Waals surface area contributed by atoms with Gasteiger partial charge in [-0.2, -0.15) is 0 Å². The second-order valence-corrected chi connectivity index (χ2v) is 5.28. The quantitative estimate of drug-likeness (QED) is 0.651. The van der Waals surface area contributed by atoms with Crippen molar-refractivity contribution in [3.63, 3.8) is 0 Å². The molecule has 1 aromatic rings. The van der Waals surface area contributed by atoms with Crippen LogP contribution in [0.1, 0.15) is 33.6 Å². The van der Waals surface area contributed by atoms with E-state index in [0.29, 0.717) is 24.8 Å². The highest BCUT2D eigenvalue weighted by atomic mass is 16.5. The van der Waals surface area contributed by atoms with E-state index in [2.05, 4.69) is 11.9 Å². The number of carbonyl (C=O) groups excluding carboxylic acids is 4. The molecule has 23 heavy (non-hydrogen) atoms. The Kier molecular flexibility index (Phi) is 3.69. The van der Waals surface area contributed by atoms with E-state index < -0.39 is 23.8 Å². The van der Waals surface area contributed by atoms with Crippen LogP contribution in [0.3, 0.4) is 0 Å². The lowest BCUT2D eigenvalue weighted by Crippen LogP contribution is -2.51. The number of aldehydes is 1. The molecule has 2 heterocycles. The SMILES string of the molecule is C=C1CCC(N2C(=O)c3cccc(OCC=O)c3C2=O)C(=O)N1. The van der Waals surface area contributed by atoms with Crippen LogP contribution in [0.4, 0.5) is 0 Å². The van der Waals surface area contributed by atoms with Crippen LogP contribution in [-0.2, 0) is 9.59 Å². The molecule has 1 saturated heterocycles. The third kappa shape index (κ3) is 2.40. The van der Waals surface area contributed by atoms with Gasteiger partial charge in [-0.1, -0.05) is 12.6 Å². The first kappa shape index (κ1) is 15.0. The number of hydrogen-bond donors (Lipinski definition) is 1. The van der Waals surface area contributed by atoms with Gasteiger partial charge in [0.25, 0.3) is 11.8 Å². The third-order valence-electron chi connectivity index (χ3n) is 3.85. The number of ether oxygens (including phenoxy) is 1. The fraction of sp³-hybridized carbons (Fsp3) is 0.250. The molecule has 1 unspecified atom stereocenters. The summed E-state index contributed by atoms with van der Waals surface area (Å²) in [7, 11) is 0. The molecule has 7 nitrogen and oxygen atoms in total. The van der Waals surface area contributed by atoms with Gasteiger partial charge in [0.1, 0.15) is 18.4 Å². The van der Waals surface area contributed by atoms with Crippen LogP contribution < -0.4 is 10.1 Å². The summed E-state index contributed by atoms with van der Waals surface area (Å²) in [5.41, 5.74) is 0.838. The normalized spacial score (nSPS) is 20.3. The largest absolute Gasteiger partial charge is 0.485 e. The average Bonchev–Trinajstić information content (AvgIpc) is 2.78. The summed E-state index contributed by atoms with van der Waals surface area (Å²) in [5.74, 6) is -1.38. The van der Waals surface area contributed by atoms with E-state index in [4.69, 9.17) is 4.74 Å². The summed E-state index contributed by atoms with van der Waals surface area (Å²) in [6.45, 7) is 3.46. The van der Waals surface area contributed by atoms with Crippen LogP contribution in [0, 0.1) is 0 Å². The van der Waals surface area contributed by atoms with Crippen molar-refractivity contribution in [2.24, 2.45) is 0 Å². The van der Waals surface area contributed by atoms with Gasteiger partial charge in [0.15, 0.2) is 6.29 Å². The molecule has 7 heteroatoms. The lowest BCUT2D eigenvalue weighted by molar-refractivity contribution is -0.125. The summed E-state index contributed by atoms with van der Waals surface area (Å²) in [6.07, 6.45) is 1.39. The molecule has 1 fully saturated rings. The predicted octanol–water partition coefficient (Wildman–Crippen LogP) is 0.653. The fourth-order valence-electron chi connectivity index (χ4n) is 2.81. The van der Waals surface area contributed by atoms with Crippen molar-refractivity contribution >= 4 is 24.0 Å². The maximum Gasteiger partial charge on any atom is 0.266 e. The number of fused-ring (bicyclic) bond motifs is 1. The van der Waals surface area contributed by atoms with Crippen molar-refractivity contribution in [3.05, 3.63) is 41.6 Å². The smallest absolute Gasteiger partial charge is 0.266 e. The Balaban J connectivity index is 1.96. The molecule has 0 aliphatic carbocycles. The Bertz CT molecular complexity index is 740. The Morgan fingerprint density at radius 2 is 2.09 bits per heavy atom. The van der Waals surface area contributed by atoms with Gasteiger partial charge < -0.3 is 10.1 Å². The minimum Gasteiger partial charge on any atom is -0.485 e. The van der Waals surface area contributed by atoms with E-state index in [9.17, 15) is 19.2 Å². The number of nitrogens with one attached hydrogen (secondary N) is 1. The van der Waals surface area contributed by atoms with Crippen molar-refractivity contribution in [1.82, 2.24) is 10.2 Å². The Morgan fingerprint density at radius 3 is 2.78 bits per heavy atom. The third-order valence-corrected chi connectivity index (χ3v) is 3.85. The first-order valence-corrected chi connectivity index (χ1v) is 7.10. The minimum atomic E-state index is -0.869. The zero-order chi connectivity index (χ0) is 16.6. The second-order valence-electron chi connectivity index (χ2n) is 5.28. The average molecular weight is 314 g/mol. The van der Waals surface area contributed by atoms with Crippen molar-refractivity contribution in [3.8, 4) is 5.75 Å². The van der Waals surface area contributed by atoms with Crippen LogP contribution in [0.15, 0.2) is 30.5 Å². The minimum absolute atomic E-state index is 0.0940. The molecule has 0 bridgehead atoms. The van der Waals surface area contributed by atoms with Gasteiger partial charge in [0.2, 0.25) is 5.91 Å². The van der Waals surface area contributed by atoms with Gasteiger partial charge in [0.05, 0.1) is 11.1 Å². The molecule has 1 atom stereocenters. The molecule has 2 aliphatic heterocycles. The number of nitrogens with zero attached hydrogens (tertiary/aromatic N) is 1. The number of carbonyl (C=O) groups is 4. The summed E-state index contributed by atoms with van der Waals surface area (Å²) in [6, 6.07) is 3.71. The fourth-order valence-corrected chi connectivity index (χ4v) is 2.81. The van der Waals surface area contributed by atoms with E-state index in [1.807, 2.05) is 0 Å². The van der Waals surface area contributed by atoms with E-state index in [0.717, 1.165) is 4.90 Å². The maximum absolute atomic E-state index is 12.7. The molecule has 0 radical (unpaired) electrons. The number of amides is 3. The highest BCUT2D eigenvalue weighted by Crippen LogP contribution is 2.33. The van der Waals surface area contributed by atoms with Crippen LogP contribution in [0.2, 0.25) is 0 Å². The maximum atomic E-state index is 12.7. The van der Waals surface area contributed by atoms with Crippen LogP contribution in [-0.4, -0.2) is 41.6 Å². The lowest BCUT2D eigenvalue weighted by atomic mass is 10.0. The van der Waals surface area contributed by atoms with Crippen molar-refractivity contribution < 1.29 is 23.9 Å². The standard InChI is InChI=1S/C16H14N2O5/c1-9-5-6-11(14(20)17-9)18-15(21)10-3-2-4-12(23-8-7-19)13(10)16(18)22/h2-4,7,11H,1,5-6,8H2,(H,17,20). The van der Waals surface area contributed by atoms with Gasteiger partial charge in [-0.15, -0.1) is 0 Å². The molecule has 0 saturated carbocycles. The second kappa shape index (κ2) is 5.68. The number of imide groups is 1. The van der Waals surface area contributed by atoms with Gasteiger partial charge in [-0.3, -0.25) is 24.1 Å². The summed E-state index contributed by atoms with van der Waals surface area (Å²) < 4.78 is 5.21. The molecule has 2 aliphatic rings. The van der Waals surface area contributed by atoms with E-state index in [-0.39, 0.29) is 23.5 Å². The van der Waals surface area contributed by atoms with Gasteiger partial charge in [0, 0.05) is 5.70 Å². The summed E-state index contributed by atoms with van der Waals surface area (Å²) in [4.78, 5) is 48.7. The van der Waals surface area contributed by atoms with E-state index in [1.165, 1.54) is 12.1 Å². The number of piperidine rings is 1. The first-order chi connectivity index (χ1) is 11.0. The van der Waals surface area contributed by atoms with Crippen molar-refractivity contribution in [2.75, 3.05) is 6.61 Å². The molecular weight excluding hydrogens is 300 g/mol. The van der Waals surface area contributed by atoms with Gasteiger partial charge in [-0.25, -0.2) is 0 Å². The van der Waals surface area contributed by atoms with Gasteiger partial charge in [-0.05, 0) is 25.0 Å². The monoisotopic (exact) mass is 314 g/mol. The molecule has 3 amide bonds. The van der Waals surface area contributed by atoms with E-state index >= 15 is 0 Å². The number of benzene rings is 1. The Hall–Kier alpha value is -2.96. The highest BCUT2D eigenvalue weighted by Gasteiger charge is 2.45. The number of hydrogen-bond acceptors (Lipinski definition) is 5. The topological polar surface area (TPSA) is 92.8 Å². The van der Waals surface area contributed by atoms with Crippen LogP contribution in [0.5, 0.6) is 5.75 Å². The van der Waals surface area contributed by atoms with Crippen molar-refractivity contribution in [2.45, 2.75) is 18.9 Å². The first-order valence-electron chi connectivity index (χ1n) is 7.10. The number of rotatable bonds is 4. The van der Waals surface area contributed by atoms with E-state index in [1.54, 1.807) is 6.07 Å². The molecule has 1 aromatic carbocycles. The molecule has 3 rings (SSSR count). The lowest BCUT2D eigenvalue weighted by Gasteiger charge is -2.29. The number of allylic oxidation sites excluding steroid dienone is 1. The molecule has 0 spiro atoms. The Labute approximate surface area is 131 Å².